The van der Waals surface area contributed by atoms with E-state index < -0.39 is 0 Å². The van der Waals surface area contributed by atoms with E-state index in [1.165, 1.54) is 0 Å². The Bertz CT molecular complexity index is 423. The quantitative estimate of drug-likeness (QED) is 0.770. The Labute approximate surface area is 105 Å². The van der Waals surface area contributed by atoms with Crippen LogP contribution in [0.2, 0.25) is 0 Å². The molecule has 2 heterocycles. The van der Waals surface area contributed by atoms with Crippen LogP contribution in [0.25, 0.3) is 4.96 Å². The first-order valence-corrected chi connectivity index (χ1v) is 6.84. The minimum absolute atomic E-state index is 0.364. The van der Waals surface area contributed by atoms with Crippen molar-refractivity contribution in [2.75, 3.05) is 13.2 Å². The molecule has 1 atom stereocenters. The number of aromatic nitrogens is 2. The van der Waals surface area contributed by atoms with Gasteiger partial charge in [0.15, 0.2) is 4.96 Å². The number of rotatable bonds is 7. The van der Waals surface area contributed by atoms with Gasteiger partial charge < -0.3 is 9.84 Å². The Morgan fingerprint density at radius 2 is 2.41 bits per heavy atom. The van der Waals surface area contributed by atoms with E-state index in [0.29, 0.717) is 19.4 Å². The maximum absolute atomic E-state index is 9.84. The fourth-order valence-corrected chi connectivity index (χ4v) is 2.40. The maximum Gasteiger partial charge on any atom is 0.193 e. The summed E-state index contributed by atoms with van der Waals surface area (Å²) >= 11 is 1.61. The van der Waals surface area contributed by atoms with Crippen LogP contribution in [-0.2, 0) is 11.2 Å². The molecule has 0 bridgehead atoms. The van der Waals surface area contributed by atoms with Crippen molar-refractivity contribution in [3.63, 3.8) is 0 Å². The van der Waals surface area contributed by atoms with Crippen LogP contribution in [0, 0.1) is 0 Å². The number of hydrogen-bond acceptors (Lipinski definition) is 4. The predicted molar refractivity (Wildman–Crippen MR) is 68.5 cm³/mol. The normalized spacial score (nSPS) is 13.3. The molecule has 0 saturated carbocycles. The Balaban J connectivity index is 1.78. The molecule has 0 amide bonds. The van der Waals surface area contributed by atoms with E-state index in [2.05, 4.69) is 11.9 Å². The summed E-state index contributed by atoms with van der Waals surface area (Å²) in [6.45, 7) is 3.47. The van der Waals surface area contributed by atoms with Crippen LogP contribution in [0.4, 0.5) is 0 Å². The number of aliphatic hydroxyl groups excluding tert-OH is 1. The van der Waals surface area contributed by atoms with Crippen molar-refractivity contribution in [3.05, 3.63) is 23.5 Å². The van der Waals surface area contributed by atoms with Gasteiger partial charge in [-0.25, -0.2) is 4.98 Å². The van der Waals surface area contributed by atoms with Crippen LogP contribution >= 0.6 is 11.3 Å². The van der Waals surface area contributed by atoms with E-state index in [0.717, 1.165) is 23.7 Å². The summed E-state index contributed by atoms with van der Waals surface area (Å²) < 4.78 is 7.34. The van der Waals surface area contributed by atoms with Crippen LogP contribution < -0.4 is 0 Å². The third kappa shape index (κ3) is 3.52. The lowest BCUT2D eigenvalue weighted by atomic mass is 10.1. The SMILES string of the molecule is CCCOCCC(O)Cc1cn2ccsc2n1. The fraction of sp³-hybridized carbons (Fsp3) is 0.583. The Kier molecular flexibility index (Phi) is 4.53. The molecule has 2 aromatic heterocycles. The minimum Gasteiger partial charge on any atom is -0.393 e. The summed E-state index contributed by atoms with van der Waals surface area (Å²) in [6.07, 6.45) is 5.88. The predicted octanol–water partition coefficient (Wildman–Crippen LogP) is 2.12. The number of ether oxygens (including phenoxy) is 1. The molecule has 0 aliphatic carbocycles. The van der Waals surface area contributed by atoms with Crippen molar-refractivity contribution < 1.29 is 9.84 Å². The monoisotopic (exact) mass is 254 g/mol. The highest BCUT2D eigenvalue weighted by Gasteiger charge is 2.09. The Morgan fingerprint density at radius 3 is 3.18 bits per heavy atom. The second-order valence-corrected chi connectivity index (χ2v) is 4.96. The summed E-state index contributed by atoms with van der Waals surface area (Å²) in [7, 11) is 0. The largest absolute Gasteiger partial charge is 0.393 e. The van der Waals surface area contributed by atoms with Crippen LogP contribution in [0.5, 0.6) is 0 Å². The van der Waals surface area contributed by atoms with Gasteiger partial charge in [0.05, 0.1) is 11.8 Å². The number of fused-ring (bicyclic) bond motifs is 1. The van der Waals surface area contributed by atoms with E-state index in [4.69, 9.17) is 4.74 Å². The Hall–Kier alpha value is -0.910. The zero-order chi connectivity index (χ0) is 12.1. The van der Waals surface area contributed by atoms with Crippen LogP contribution in [0.15, 0.2) is 17.8 Å². The van der Waals surface area contributed by atoms with Gasteiger partial charge in [-0.15, -0.1) is 11.3 Å². The van der Waals surface area contributed by atoms with Crippen LogP contribution in [0.1, 0.15) is 25.5 Å². The third-order valence-electron chi connectivity index (χ3n) is 2.53. The lowest BCUT2D eigenvalue weighted by Crippen LogP contribution is -2.14. The van der Waals surface area contributed by atoms with Crippen molar-refractivity contribution in [2.45, 2.75) is 32.3 Å². The van der Waals surface area contributed by atoms with Crippen molar-refractivity contribution in [1.82, 2.24) is 9.38 Å². The molecule has 0 spiro atoms. The van der Waals surface area contributed by atoms with Gasteiger partial charge in [-0.05, 0) is 12.8 Å². The second-order valence-electron chi connectivity index (χ2n) is 4.08. The van der Waals surface area contributed by atoms with Gasteiger partial charge >= 0.3 is 0 Å². The molecule has 0 fully saturated rings. The first-order chi connectivity index (χ1) is 8.29. The zero-order valence-electron chi connectivity index (χ0n) is 10.0. The molecule has 4 nitrogen and oxygen atoms in total. The highest BCUT2D eigenvalue weighted by Crippen LogP contribution is 2.13. The average molecular weight is 254 g/mol. The van der Waals surface area contributed by atoms with Crippen molar-refractivity contribution in [2.24, 2.45) is 0 Å². The van der Waals surface area contributed by atoms with Gasteiger partial charge in [0.25, 0.3) is 0 Å². The molecule has 1 unspecified atom stereocenters. The molecular formula is C12H18N2O2S. The van der Waals surface area contributed by atoms with E-state index in [1.54, 1.807) is 11.3 Å². The molecular weight excluding hydrogens is 236 g/mol. The van der Waals surface area contributed by atoms with Crippen molar-refractivity contribution in [3.8, 4) is 0 Å². The van der Waals surface area contributed by atoms with Crippen molar-refractivity contribution >= 4 is 16.3 Å². The summed E-state index contributed by atoms with van der Waals surface area (Å²) in [6, 6.07) is 0. The van der Waals surface area contributed by atoms with E-state index >= 15 is 0 Å². The molecule has 0 radical (unpaired) electrons. The maximum atomic E-state index is 9.84. The molecule has 0 aliphatic rings. The standard InChI is InChI=1S/C12H18N2O2S/c1-2-5-16-6-3-11(15)8-10-9-14-4-7-17-12(14)13-10/h4,7,9,11,15H,2-3,5-6,8H2,1H3. The van der Waals surface area contributed by atoms with Crippen molar-refractivity contribution in [1.29, 1.82) is 0 Å². The van der Waals surface area contributed by atoms with E-state index in [-0.39, 0.29) is 6.10 Å². The number of nitrogens with zero attached hydrogens (tertiary/aromatic N) is 2. The molecule has 17 heavy (non-hydrogen) atoms. The van der Waals surface area contributed by atoms with Gasteiger partial charge in [-0.3, -0.25) is 4.40 Å². The lowest BCUT2D eigenvalue weighted by Gasteiger charge is -2.08. The third-order valence-corrected chi connectivity index (χ3v) is 3.30. The molecule has 94 valence electrons. The fourth-order valence-electron chi connectivity index (χ4n) is 1.68. The topological polar surface area (TPSA) is 46.8 Å². The lowest BCUT2D eigenvalue weighted by molar-refractivity contribution is 0.0820. The van der Waals surface area contributed by atoms with Gasteiger partial charge in [-0.2, -0.15) is 0 Å². The summed E-state index contributed by atoms with van der Waals surface area (Å²) in [5.41, 5.74) is 0.944. The van der Waals surface area contributed by atoms with Gasteiger partial charge in [0, 0.05) is 37.4 Å². The molecule has 2 aromatic rings. The number of thiazole rings is 1. The van der Waals surface area contributed by atoms with Crippen LogP contribution in [0.3, 0.4) is 0 Å². The molecule has 2 rings (SSSR count). The first kappa shape index (κ1) is 12.5. The second kappa shape index (κ2) is 6.14. The highest BCUT2D eigenvalue weighted by atomic mass is 32.1. The number of hydrogen-bond donors (Lipinski definition) is 1. The summed E-state index contributed by atoms with van der Waals surface area (Å²) in [4.78, 5) is 5.42. The summed E-state index contributed by atoms with van der Waals surface area (Å²) in [5, 5.41) is 11.8. The smallest absolute Gasteiger partial charge is 0.193 e. The number of imidazole rings is 1. The first-order valence-electron chi connectivity index (χ1n) is 5.96. The van der Waals surface area contributed by atoms with Gasteiger partial charge in [0.2, 0.25) is 0 Å². The number of aliphatic hydroxyl groups is 1. The Morgan fingerprint density at radius 1 is 1.53 bits per heavy atom. The van der Waals surface area contributed by atoms with Gasteiger partial charge in [-0.1, -0.05) is 6.92 Å². The molecule has 1 N–H and O–H groups in total. The van der Waals surface area contributed by atoms with E-state index in [9.17, 15) is 5.11 Å². The molecule has 5 heteroatoms. The molecule has 0 aliphatic heterocycles. The summed E-state index contributed by atoms with van der Waals surface area (Å²) in [5.74, 6) is 0. The highest BCUT2D eigenvalue weighted by molar-refractivity contribution is 7.15. The molecule has 0 saturated heterocycles. The van der Waals surface area contributed by atoms with Crippen LogP contribution in [-0.4, -0.2) is 33.8 Å². The zero-order valence-corrected chi connectivity index (χ0v) is 10.8. The minimum atomic E-state index is -0.364. The average Bonchev–Trinajstić information content (AvgIpc) is 2.84. The van der Waals surface area contributed by atoms with E-state index in [1.807, 2.05) is 22.2 Å². The van der Waals surface area contributed by atoms with Gasteiger partial charge in [0.1, 0.15) is 0 Å². The molecule has 0 aromatic carbocycles.